The maximum absolute atomic E-state index is 2.44. The number of aromatic nitrogens is 2. The molecule has 12 aromatic rings. The highest BCUT2D eigenvalue weighted by Crippen LogP contribution is 2.44. The minimum absolute atomic E-state index is 0.887. The lowest BCUT2D eigenvalue weighted by molar-refractivity contribution is 0.827. The first-order chi connectivity index (χ1) is 32.6. The highest BCUT2D eigenvalue weighted by Gasteiger charge is 2.20. The standard InChI is InChI=1S/C62H48N4/c1-3-63-57-35-31-43(39-53(57)55-41-49(33-37-59(55)63)65(47-21-7-5-8-22-47)61-27-15-19-45-17-11-13-25-51(45)61)29-30-44-32-36-58-54(40-44)56-42-50(34-38-60(56)64(58)4-2)66(48-23-9-6-10-24-48)62-28-16-20-46-18-12-14-26-52(46)62/h5-42H,3-4H2,1-2H3/b30-29+. The predicted octanol–water partition coefficient (Wildman–Crippen LogP) is 17.4. The molecule has 2 aromatic heterocycles. The molecule has 0 atom stereocenters. The van der Waals surface area contributed by atoms with Gasteiger partial charge in [0, 0.05) is 90.2 Å². The van der Waals surface area contributed by atoms with Gasteiger partial charge in [-0.2, -0.15) is 0 Å². The van der Waals surface area contributed by atoms with Crippen molar-refractivity contribution in [3.63, 3.8) is 0 Å². The Labute approximate surface area is 385 Å². The van der Waals surface area contributed by atoms with Crippen LogP contribution in [0.2, 0.25) is 0 Å². The Hall–Kier alpha value is -8.34. The molecule has 66 heavy (non-hydrogen) atoms. The van der Waals surface area contributed by atoms with E-state index in [1.807, 2.05) is 0 Å². The lowest BCUT2D eigenvalue weighted by atomic mass is 10.0. The van der Waals surface area contributed by atoms with Crippen molar-refractivity contribution in [2.24, 2.45) is 0 Å². The molecule has 0 saturated heterocycles. The molecule has 0 unspecified atom stereocenters. The summed E-state index contributed by atoms with van der Waals surface area (Å²) in [6.07, 6.45) is 4.54. The molecule has 0 aliphatic carbocycles. The van der Waals surface area contributed by atoms with Crippen LogP contribution < -0.4 is 9.80 Å². The number of fused-ring (bicyclic) bond motifs is 8. The molecule has 10 aromatic carbocycles. The Morgan fingerprint density at radius 3 is 1.11 bits per heavy atom. The minimum Gasteiger partial charge on any atom is -0.341 e. The Bertz CT molecular complexity index is 3540. The summed E-state index contributed by atoms with van der Waals surface area (Å²) in [7, 11) is 0. The van der Waals surface area contributed by atoms with Gasteiger partial charge in [-0.25, -0.2) is 0 Å². The van der Waals surface area contributed by atoms with E-state index >= 15 is 0 Å². The molecule has 0 spiro atoms. The van der Waals surface area contributed by atoms with E-state index in [1.54, 1.807) is 0 Å². The average Bonchev–Trinajstić information content (AvgIpc) is 3.87. The highest BCUT2D eigenvalue weighted by molar-refractivity contribution is 6.12. The van der Waals surface area contributed by atoms with Gasteiger partial charge in [-0.1, -0.05) is 133 Å². The fourth-order valence-electron chi connectivity index (χ4n) is 10.4. The number of benzene rings is 10. The van der Waals surface area contributed by atoms with Crippen molar-refractivity contribution < 1.29 is 0 Å². The summed E-state index contributed by atoms with van der Waals surface area (Å²) >= 11 is 0. The molecule has 0 bridgehead atoms. The lowest BCUT2D eigenvalue weighted by Crippen LogP contribution is -2.10. The van der Waals surface area contributed by atoms with E-state index in [1.165, 1.54) is 76.3 Å². The quantitative estimate of drug-likeness (QED) is 0.128. The first-order valence-corrected chi connectivity index (χ1v) is 23.1. The van der Waals surface area contributed by atoms with Crippen LogP contribution >= 0.6 is 0 Å². The molecular formula is C62H48N4. The van der Waals surface area contributed by atoms with E-state index < -0.39 is 0 Å². The Balaban J connectivity index is 0.952. The van der Waals surface area contributed by atoms with Crippen LogP contribution in [-0.2, 0) is 13.1 Å². The van der Waals surface area contributed by atoms with Crippen molar-refractivity contribution in [3.8, 4) is 0 Å². The molecule has 316 valence electrons. The highest BCUT2D eigenvalue weighted by atomic mass is 15.2. The van der Waals surface area contributed by atoms with E-state index in [0.717, 1.165) is 47.2 Å². The molecule has 4 heteroatoms. The number of rotatable bonds is 10. The Kier molecular flexibility index (Phi) is 9.72. The summed E-state index contributed by atoms with van der Waals surface area (Å²) in [5.41, 5.74) is 14.2. The van der Waals surface area contributed by atoms with Crippen molar-refractivity contribution in [2.75, 3.05) is 9.80 Å². The van der Waals surface area contributed by atoms with Crippen LogP contribution in [0, 0.1) is 0 Å². The van der Waals surface area contributed by atoms with E-state index in [9.17, 15) is 0 Å². The molecule has 4 nitrogen and oxygen atoms in total. The number of nitrogens with zero attached hydrogens (tertiary/aromatic N) is 4. The summed E-state index contributed by atoms with van der Waals surface area (Å²) in [5, 5.41) is 9.90. The lowest BCUT2D eigenvalue weighted by Gasteiger charge is -2.27. The van der Waals surface area contributed by atoms with Crippen molar-refractivity contribution >= 4 is 111 Å². The van der Waals surface area contributed by atoms with Crippen LogP contribution in [0.1, 0.15) is 25.0 Å². The second kappa shape index (κ2) is 16.3. The van der Waals surface area contributed by atoms with Gasteiger partial charge in [0.1, 0.15) is 0 Å². The van der Waals surface area contributed by atoms with Gasteiger partial charge in [0.25, 0.3) is 0 Å². The summed E-state index contributed by atoms with van der Waals surface area (Å²) in [5.74, 6) is 0. The Morgan fingerprint density at radius 1 is 0.318 bits per heavy atom. The maximum atomic E-state index is 2.44. The third-order valence-electron chi connectivity index (χ3n) is 13.4. The zero-order valence-electron chi connectivity index (χ0n) is 37.1. The first-order valence-electron chi connectivity index (χ1n) is 23.1. The molecule has 0 radical (unpaired) electrons. The number of anilines is 6. The van der Waals surface area contributed by atoms with Gasteiger partial charge in [-0.15, -0.1) is 0 Å². The van der Waals surface area contributed by atoms with Crippen LogP contribution in [0.4, 0.5) is 34.1 Å². The zero-order valence-corrected chi connectivity index (χ0v) is 37.1. The van der Waals surface area contributed by atoms with Gasteiger partial charge in [0.2, 0.25) is 0 Å². The monoisotopic (exact) mass is 848 g/mol. The average molecular weight is 849 g/mol. The SMILES string of the molecule is CCn1c2ccc(/C=C/c3ccc4c(c3)c3cc(N(c5ccccc5)c5cccc6ccccc56)ccc3n4CC)cc2c2cc(N(c3ccccc3)c3cccc4ccccc34)ccc21. The second-order valence-corrected chi connectivity index (χ2v) is 17.1. The van der Waals surface area contributed by atoms with Crippen LogP contribution in [0.25, 0.3) is 77.3 Å². The number of hydrogen-bond donors (Lipinski definition) is 0. The van der Waals surface area contributed by atoms with Crippen LogP contribution in [-0.4, -0.2) is 9.13 Å². The molecule has 0 amide bonds. The van der Waals surface area contributed by atoms with E-state index in [2.05, 4.69) is 263 Å². The summed E-state index contributed by atoms with van der Waals surface area (Å²) in [6, 6.07) is 79.8. The number of para-hydroxylation sites is 2. The molecule has 12 rings (SSSR count). The second-order valence-electron chi connectivity index (χ2n) is 17.1. The molecule has 0 aliphatic rings. The first kappa shape index (κ1) is 39.3. The molecular weight excluding hydrogens is 801 g/mol. The van der Waals surface area contributed by atoms with Gasteiger partial charge >= 0.3 is 0 Å². The van der Waals surface area contributed by atoms with E-state index in [4.69, 9.17) is 0 Å². The minimum atomic E-state index is 0.887. The third kappa shape index (κ3) is 6.61. The van der Waals surface area contributed by atoms with Crippen molar-refractivity contribution in [1.29, 1.82) is 0 Å². The van der Waals surface area contributed by atoms with Gasteiger partial charge in [0.15, 0.2) is 0 Å². The maximum Gasteiger partial charge on any atom is 0.0540 e. The van der Waals surface area contributed by atoms with Gasteiger partial charge in [-0.05, 0) is 133 Å². The topological polar surface area (TPSA) is 16.3 Å². The van der Waals surface area contributed by atoms with Crippen LogP contribution in [0.15, 0.2) is 218 Å². The predicted molar refractivity (Wildman–Crippen MR) is 284 cm³/mol. The smallest absolute Gasteiger partial charge is 0.0540 e. The van der Waals surface area contributed by atoms with Gasteiger partial charge < -0.3 is 18.9 Å². The normalized spacial score (nSPS) is 11.8. The van der Waals surface area contributed by atoms with Crippen molar-refractivity contribution in [2.45, 2.75) is 26.9 Å². The van der Waals surface area contributed by atoms with Crippen LogP contribution in [0.3, 0.4) is 0 Å². The third-order valence-corrected chi connectivity index (χ3v) is 13.4. The molecule has 0 fully saturated rings. The number of aryl methyl sites for hydroxylation is 2. The molecule has 0 aliphatic heterocycles. The molecule has 2 heterocycles. The zero-order chi connectivity index (χ0) is 44.1. The van der Waals surface area contributed by atoms with Gasteiger partial charge in [-0.3, -0.25) is 0 Å². The largest absolute Gasteiger partial charge is 0.341 e. The Morgan fingerprint density at radius 2 is 0.682 bits per heavy atom. The summed E-state index contributed by atoms with van der Waals surface area (Å²) < 4.78 is 4.88. The fraction of sp³-hybridized carbons (Fsp3) is 0.0645. The van der Waals surface area contributed by atoms with Crippen LogP contribution in [0.5, 0.6) is 0 Å². The fourth-order valence-corrected chi connectivity index (χ4v) is 10.4. The van der Waals surface area contributed by atoms with Crippen molar-refractivity contribution in [3.05, 3.63) is 230 Å². The molecule has 0 N–H and O–H groups in total. The van der Waals surface area contributed by atoms with Gasteiger partial charge in [0.05, 0.1) is 11.4 Å². The summed E-state index contributed by atoms with van der Waals surface area (Å²) in [6.45, 7) is 6.26. The summed E-state index contributed by atoms with van der Waals surface area (Å²) in [4.78, 5) is 4.80. The van der Waals surface area contributed by atoms with E-state index in [0.29, 0.717) is 0 Å². The van der Waals surface area contributed by atoms with Crippen molar-refractivity contribution in [1.82, 2.24) is 9.13 Å². The molecule has 0 saturated carbocycles. The van der Waals surface area contributed by atoms with E-state index in [-0.39, 0.29) is 0 Å². The number of hydrogen-bond acceptors (Lipinski definition) is 2.